The zero-order chi connectivity index (χ0) is 15.3. The summed E-state index contributed by atoms with van der Waals surface area (Å²) in [7, 11) is -3.72. The van der Waals surface area contributed by atoms with E-state index in [1.165, 1.54) is 24.3 Å². The summed E-state index contributed by atoms with van der Waals surface area (Å²) in [5.41, 5.74) is 1.08. The van der Waals surface area contributed by atoms with Crippen LogP contribution in [-0.4, -0.2) is 15.0 Å². The molecular formula is C15H17FN2O2S. The van der Waals surface area contributed by atoms with E-state index in [9.17, 15) is 12.8 Å². The fraction of sp³-hybridized carbons (Fsp3) is 0.200. The Hall–Kier alpha value is -1.92. The fourth-order valence-corrected chi connectivity index (χ4v) is 2.98. The van der Waals surface area contributed by atoms with Gasteiger partial charge in [0.15, 0.2) is 0 Å². The van der Waals surface area contributed by atoms with Crippen molar-refractivity contribution in [1.29, 1.82) is 0 Å². The van der Waals surface area contributed by atoms with Crippen molar-refractivity contribution in [1.82, 2.24) is 5.32 Å². The molecule has 2 N–H and O–H groups in total. The highest BCUT2D eigenvalue weighted by atomic mass is 32.2. The van der Waals surface area contributed by atoms with Gasteiger partial charge in [0.2, 0.25) is 0 Å². The molecule has 0 spiro atoms. The van der Waals surface area contributed by atoms with Crippen molar-refractivity contribution >= 4 is 15.7 Å². The Labute approximate surface area is 124 Å². The molecule has 0 aliphatic heterocycles. The number of benzene rings is 2. The van der Waals surface area contributed by atoms with Crippen molar-refractivity contribution in [2.45, 2.75) is 18.4 Å². The lowest BCUT2D eigenvalue weighted by Crippen LogP contribution is -2.15. The second kappa shape index (κ2) is 6.69. The average molecular weight is 308 g/mol. The third-order valence-corrected chi connectivity index (χ3v) is 4.24. The summed E-state index contributed by atoms with van der Waals surface area (Å²) in [5.74, 6) is -0.490. The van der Waals surface area contributed by atoms with E-state index in [-0.39, 0.29) is 10.6 Å². The second-order valence-corrected chi connectivity index (χ2v) is 6.23. The normalized spacial score (nSPS) is 11.3. The molecule has 0 saturated heterocycles. The van der Waals surface area contributed by atoms with E-state index in [0.717, 1.165) is 18.2 Å². The first kappa shape index (κ1) is 15.5. The van der Waals surface area contributed by atoms with Gasteiger partial charge < -0.3 is 5.32 Å². The van der Waals surface area contributed by atoms with Crippen LogP contribution in [0.25, 0.3) is 0 Å². The van der Waals surface area contributed by atoms with Crippen molar-refractivity contribution in [3.63, 3.8) is 0 Å². The Bertz CT molecular complexity index is 717. The summed E-state index contributed by atoms with van der Waals surface area (Å²) in [4.78, 5) is 0.155. The molecule has 0 aliphatic rings. The Morgan fingerprint density at radius 1 is 1.10 bits per heavy atom. The lowest BCUT2D eigenvalue weighted by molar-refractivity contribution is 0.600. The molecule has 2 rings (SSSR count). The number of hydrogen-bond acceptors (Lipinski definition) is 3. The maximum absolute atomic E-state index is 13.1. The molecule has 0 fully saturated rings. The average Bonchev–Trinajstić information content (AvgIpc) is 2.45. The maximum atomic E-state index is 13.1. The predicted molar refractivity (Wildman–Crippen MR) is 81.0 cm³/mol. The van der Waals surface area contributed by atoms with Crippen LogP contribution in [0.4, 0.5) is 10.1 Å². The van der Waals surface area contributed by atoms with Crippen LogP contribution in [0, 0.1) is 5.82 Å². The van der Waals surface area contributed by atoms with E-state index in [0.29, 0.717) is 6.54 Å². The predicted octanol–water partition coefficient (Wildman–Crippen LogP) is 2.74. The molecule has 0 bridgehead atoms. The molecule has 21 heavy (non-hydrogen) atoms. The van der Waals surface area contributed by atoms with Crippen LogP contribution in [0.2, 0.25) is 0 Å². The van der Waals surface area contributed by atoms with Crippen LogP contribution >= 0.6 is 0 Å². The van der Waals surface area contributed by atoms with Crippen molar-refractivity contribution < 1.29 is 12.8 Å². The second-order valence-electron chi connectivity index (χ2n) is 4.54. The van der Waals surface area contributed by atoms with E-state index in [2.05, 4.69) is 10.0 Å². The molecule has 0 atom stereocenters. The van der Waals surface area contributed by atoms with E-state index in [1.807, 2.05) is 13.0 Å². The highest BCUT2D eigenvalue weighted by molar-refractivity contribution is 7.92. The minimum atomic E-state index is -3.72. The Morgan fingerprint density at radius 2 is 1.86 bits per heavy atom. The summed E-state index contributed by atoms with van der Waals surface area (Å²) >= 11 is 0. The molecule has 0 aliphatic carbocycles. The monoisotopic (exact) mass is 308 g/mol. The third kappa shape index (κ3) is 4.27. The Balaban J connectivity index is 2.23. The fourth-order valence-electron chi connectivity index (χ4n) is 1.86. The molecule has 2 aromatic carbocycles. The van der Waals surface area contributed by atoms with Gasteiger partial charge in [-0.2, -0.15) is 0 Å². The van der Waals surface area contributed by atoms with Gasteiger partial charge in [-0.3, -0.25) is 4.72 Å². The molecular weight excluding hydrogens is 291 g/mol. The first-order valence-electron chi connectivity index (χ1n) is 6.59. The quantitative estimate of drug-likeness (QED) is 0.862. The number of halogens is 1. The van der Waals surface area contributed by atoms with Gasteiger partial charge in [0.1, 0.15) is 5.82 Å². The summed E-state index contributed by atoms with van der Waals surface area (Å²) in [6.45, 7) is 3.38. The summed E-state index contributed by atoms with van der Waals surface area (Å²) in [5, 5.41) is 3.14. The van der Waals surface area contributed by atoms with Crippen LogP contribution in [-0.2, 0) is 16.6 Å². The Morgan fingerprint density at radius 3 is 2.57 bits per heavy atom. The molecule has 6 heteroatoms. The number of rotatable bonds is 6. The summed E-state index contributed by atoms with van der Waals surface area (Å²) in [6.07, 6.45) is 0. The highest BCUT2D eigenvalue weighted by Gasteiger charge is 2.14. The van der Waals surface area contributed by atoms with E-state index in [1.54, 1.807) is 12.1 Å². The molecule has 0 radical (unpaired) electrons. The largest absolute Gasteiger partial charge is 0.313 e. The van der Waals surface area contributed by atoms with Crippen LogP contribution in [0.1, 0.15) is 12.5 Å². The van der Waals surface area contributed by atoms with Gasteiger partial charge in [-0.15, -0.1) is 0 Å². The van der Waals surface area contributed by atoms with Crippen LogP contribution in [0.5, 0.6) is 0 Å². The molecule has 0 saturated carbocycles. The van der Waals surface area contributed by atoms with Crippen LogP contribution in [0.15, 0.2) is 53.4 Å². The smallest absolute Gasteiger partial charge is 0.261 e. The van der Waals surface area contributed by atoms with Gasteiger partial charge >= 0.3 is 0 Å². The first-order valence-corrected chi connectivity index (χ1v) is 8.07. The van der Waals surface area contributed by atoms with Gasteiger partial charge in [0, 0.05) is 6.54 Å². The van der Waals surface area contributed by atoms with Crippen molar-refractivity contribution in [3.05, 3.63) is 59.9 Å². The molecule has 0 heterocycles. The first-order chi connectivity index (χ1) is 10.0. The maximum Gasteiger partial charge on any atom is 0.261 e. The van der Waals surface area contributed by atoms with E-state index < -0.39 is 15.8 Å². The highest BCUT2D eigenvalue weighted by Crippen LogP contribution is 2.17. The molecule has 2 aromatic rings. The summed E-state index contributed by atoms with van der Waals surface area (Å²) in [6, 6.07) is 12.0. The number of sulfonamides is 1. The zero-order valence-corrected chi connectivity index (χ0v) is 12.5. The number of nitrogens with one attached hydrogen (secondary N) is 2. The van der Waals surface area contributed by atoms with Crippen molar-refractivity contribution in [3.8, 4) is 0 Å². The van der Waals surface area contributed by atoms with Crippen molar-refractivity contribution in [2.24, 2.45) is 0 Å². The van der Waals surface area contributed by atoms with Gasteiger partial charge in [0.25, 0.3) is 10.0 Å². The SMILES string of the molecule is CCNCc1cccc(S(=O)(=O)Nc2cccc(F)c2)c1. The van der Waals surface area contributed by atoms with E-state index in [4.69, 9.17) is 0 Å². The molecule has 4 nitrogen and oxygen atoms in total. The van der Waals surface area contributed by atoms with Gasteiger partial charge in [0.05, 0.1) is 10.6 Å². The van der Waals surface area contributed by atoms with Gasteiger partial charge in [-0.25, -0.2) is 12.8 Å². The van der Waals surface area contributed by atoms with Gasteiger partial charge in [-0.1, -0.05) is 25.1 Å². The van der Waals surface area contributed by atoms with Crippen LogP contribution in [0.3, 0.4) is 0 Å². The topological polar surface area (TPSA) is 58.2 Å². The Kier molecular flexibility index (Phi) is 4.93. The zero-order valence-electron chi connectivity index (χ0n) is 11.6. The lowest BCUT2D eigenvalue weighted by Gasteiger charge is -2.10. The standard InChI is InChI=1S/C15H17FN2O2S/c1-2-17-11-12-5-3-8-15(9-12)21(19,20)18-14-7-4-6-13(16)10-14/h3-10,17-18H,2,11H2,1H3. The van der Waals surface area contributed by atoms with E-state index >= 15 is 0 Å². The minimum Gasteiger partial charge on any atom is -0.313 e. The minimum absolute atomic E-state index is 0.155. The van der Waals surface area contributed by atoms with Crippen molar-refractivity contribution in [2.75, 3.05) is 11.3 Å². The molecule has 0 aromatic heterocycles. The molecule has 112 valence electrons. The number of hydrogen-bond donors (Lipinski definition) is 2. The molecule has 0 unspecified atom stereocenters. The number of anilines is 1. The third-order valence-electron chi connectivity index (χ3n) is 2.86. The molecule has 0 amide bonds. The summed E-state index contributed by atoms with van der Waals surface area (Å²) < 4.78 is 40.0. The lowest BCUT2D eigenvalue weighted by atomic mass is 10.2. The van der Waals surface area contributed by atoms with Gasteiger partial charge in [-0.05, 0) is 42.4 Å². The van der Waals surface area contributed by atoms with Crippen LogP contribution < -0.4 is 10.0 Å².